The Labute approximate surface area is 115 Å². The summed E-state index contributed by atoms with van der Waals surface area (Å²) in [5.74, 6) is 0.122. The SMILES string of the molecule is CCCC1(C(=O)Nc2cc(C)cc(C)c2)CCCN1. The molecule has 2 rings (SSSR count). The van der Waals surface area contributed by atoms with Crippen molar-refractivity contribution < 1.29 is 4.79 Å². The highest BCUT2D eigenvalue weighted by molar-refractivity contribution is 5.98. The quantitative estimate of drug-likeness (QED) is 0.873. The van der Waals surface area contributed by atoms with Gasteiger partial charge in [-0.25, -0.2) is 0 Å². The average Bonchev–Trinajstić information content (AvgIpc) is 2.78. The fraction of sp³-hybridized carbons (Fsp3) is 0.562. The molecular weight excluding hydrogens is 236 g/mol. The van der Waals surface area contributed by atoms with Crippen LogP contribution in [-0.4, -0.2) is 18.0 Å². The van der Waals surface area contributed by atoms with Crippen LogP contribution in [0.2, 0.25) is 0 Å². The van der Waals surface area contributed by atoms with E-state index in [-0.39, 0.29) is 11.4 Å². The number of hydrogen-bond acceptors (Lipinski definition) is 2. The lowest BCUT2D eigenvalue weighted by Gasteiger charge is -2.28. The molecule has 19 heavy (non-hydrogen) atoms. The number of rotatable bonds is 4. The molecule has 0 saturated carbocycles. The van der Waals surface area contributed by atoms with E-state index < -0.39 is 0 Å². The first kappa shape index (κ1) is 14.1. The maximum atomic E-state index is 12.6. The molecule has 3 heteroatoms. The minimum absolute atomic E-state index is 0.122. The lowest BCUT2D eigenvalue weighted by atomic mass is 9.90. The van der Waals surface area contributed by atoms with Gasteiger partial charge in [0.15, 0.2) is 0 Å². The first-order valence-corrected chi connectivity index (χ1v) is 7.20. The Bertz CT molecular complexity index is 442. The van der Waals surface area contributed by atoms with Crippen LogP contribution in [0.4, 0.5) is 5.69 Å². The monoisotopic (exact) mass is 260 g/mol. The standard InChI is InChI=1S/C16H24N2O/c1-4-6-16(7-5-8-17-16)15(19)18-14-10-12(2)9-13(3)11-14/h9-11,17H,4-8H2,1-3H3,(H,18,19). The number of aryl methyl sites for hydroxylation is 2. The summed E-state index contributed by atoms with van der Waals surface area (Å²) in [7, 11) is 0. The molecule has 0 aromatic heterocycles. The van der Waals surface area contributed by atoms with E-state index in [9.17, 15) is 4.79 Å². The summed E-state index contributed by atoms with van der Waals surface area (Å²) in [5, 5.41) is 6.50. The summed E-state index contributed by atoms with van der Waals surface area (Å²) in [5.41, 5.74) is 2.91. The van der Waals surface area contributed by atoms with Crippen LogP contribution in [0, 0.1) is 13.8 Å². The maximum absolute atomic E-state index is 12.6. The highest BCUT2D eigenvalue weighted by Crippen LogP contribution is 2.27. The number of carbonyl (C=O) groups excluding carboxylic acids is 1. The Morgan fingerprint density at radius 1 is 1.32 bits per heavy atom. The van der Waals surface area contributed by atoms with Gasteiger partial charge in [0.25, 0.3) is 0 Å². The topological polar surface area (TPSA) is 41.1 Å². The van der Waals surface area contributed by atoms with Crippen molar-refractivity contribution in [2.24, 2.45) is 0 Å². The fourth-order valence-electron chi connectivity index (χ4n) is 3.05. The van der Waals surface area contributed by atoms with Crippen LogP contribution in [-0.2, 0) is 4.79 Å². The van der Waals surface area contributed by atoms with Crippen molar-refractivity contribution >= 4 is 11.6 Å². The highest BCUT2D eigenvalue weighted by Gasteiger charge is 2.39. The smallest absolute Gasteiger partial charge is 0.244 e. The van der Waals surface area contributed by atoms with Gasteiger partial charge in [0.05, 0.1) is 5.54 Å². The maximum Gasteiger partial charge on any atom is 0.244 e. The van der Waals surface area contributed by atoms with Crippen molar-refractivity contribution in [3.05, 3.63) is 29.3 Å². The van der Waals surface area contributed by atoms with Crippen molar-refractivity contribution in [2.75, 3.05) is 11.9 Å². The molecule has 1 aliphatic rings. The van der Waals surface area contributed by atoms with E-state index in [0.29, 0.717) is 0 Å². The lowest BCUT2D eigenvalue weighted by molar-refractivity contribution is -0.122. The van der Waals surface area contributed by atoms with E-state index in [1.54, 1.807) is 0 Å². The van der Waals surface area contributed by atoms with E-state index in [0.717, 1.165) is 37.9 Å². The van der Waals surface area contributed by atoms with Gasteiger partial charge in [-0.2, -0.15) is 0 Å². The van der Waals surface area contributed by atoms with Gasteiger partial charge in [0.1, 0.15) is 0 Å². The molecule has 1 aromatic carbocycles. The van der Waals surface area contributed by atoms with Gasteiger partial charge < -0.3 is 10.6 Å². The molecule has 1 aliphatic heterocycles. The normalized spacial score (nSPS) is 22.5. The molecule has 1 saturated heterocycles. The van der Waals surface area contributed by atoms with Gasteiger partial charge in [-0.15, -0.1) is 0 Å². The number of nitrogens with one attached hydrogen (secondary N) is 2. The number of hydrogen-bond donors (Lipinski definition) is 2. The third-order valence-electron chi connectivity index (χ3n) is 3.83. The third kappa shape index (κ3) is 3.16. The number of amides is 1. The third-order valence-corrected chi connectivity index (χ3v) is 3.83. The molecule has 1 fully saturated rings. The molecule has 1 unspecified atom stereocenters. The molecule has 3 nitrogen and oxygen atoms in total. The molecule has 2 N–H and O–H groups in total. The second kappa shape index (κ2) is 5.74. The number of anilines is 1. The average molecular weight is 260 g/mol. The Morgan fingerprint density at radius 3 is 2.53 bits per heavy atom. The zero-order chi connectivity index (χ0) is 13.9. The van der Waals surface area contributed by atoms with E-state index >= 15 is 0 Å². The van der Waals surface area contributed by atoms with Gasteiger partial charge in [-0.05, 0) is 62.9 Å². The van der Waals surface area contributed by atoms with Crippen molar-refractivity contribution in [2.45, 2.75) is 52.0 Å². The van der Waals surface area contributed by atoms with Crippen LogP contribution >= 0.6 is 0 Å². The van der Waals surface area contributed by atoms with E-state index in [4.69, 9.17) is 0 Å². The highest BCUT2D eigenvalue weighted by atomic mass is 16.2. The van der Waals surface area contributed by atoms with Crippen molar-refractivity contribution in [1.82, 2.24) is 5.32 Å². The molecule has 104 valence electrons. The molecule has 1 amide bonds. The molecule has 1 aromatic rings. The lowest BCUT2D eigenvalue weighted by Crippen LogP contribution is -2.50. The zero-order valence-corrected chi connectivity index (χ0v) is 12.2. The molecule has 1 atom stereocenters. The van der Waals surface area contributed by atoms with Crippen LogP contribution in [0.15, 0.2) is 18.2 Å². The number of benzene rings is 1. The summed E-state index contributed by atoms with van der Waals surface area (Å²) in [6.07, 6.45) is 3.95. The second-order valence-electron chi connectivity index (χ2n) is 5.69. The molecule has 0 bridgehead atoms. The van der Waals surface area contributed by atoms with Crippen LogP contribution in [0.1, 0.15) is 43.7 Å². The first-order chi connectivity index (χ1) is 9.05. The molecule has 0 aliphatic carbocycles. The Hall–Kier alpha value is -1.35. The minimum atomic E-state index is -0.355. The van der Waals surface area contributed by atoms with Crippen LogP contribution in [0.25, 0.3) is 0 Å². The Morgan fingerprint density at radius 2 is 2.00 bits per heavy atom. The second-order valence-corrected chi connectivity index (χ2v) is 5.69. The minimum Gasteiger partial charge on any atom is -0.324 e. The molecular formula is C16H24N2O. The van der Waals surface area contributed by atoms with Gasteiger partial charge in [-0.3, -0.25) is 4.79 Å². The van der Waals surface area contributed by atoms with Crippen LogP contribution in [0.5, 0.6) is 0 Å². The fourth-order valence-corrected chi connectivity index (χ4v) is 3.05. The van der Waals surface area contributed by atoms with Gasteiger partial charge in [-0.1, -0.05) is 19.4 Å². The van der Waals surface area contributed by atoms with Crippen LogP contribution in [0.3, 0.4) is 0 Å². The Balaban J connectivity index is 2.14. The number of carbonyl (C=O) groups is 1. The predicted octanol–water partition coefficient (Wildman–Crippen LogP) is 3.16. The van der Waals surface area contributed by atoms with E-state index in [1.807, 2.05) is 12.1 Å². The zero-order valence-electron chi connectivity index (χ0n) is 12.2. The van der Waals surface area contributed by atoms with E-state index in [2.05, 4.69) is 37.5 Å². The predicted molar refractivity (Wildman–Crippen MR) is 79.4 cm³/mol. The van der Waals surface area contributed by atoms with Gasteiger partial charge >= 0.3 is 0 Å². The van der Waals surface area contributed by atoms with Crippen molar-refractivity contribution in [1.29, 1.82) is 0 Å². The largest absolute Gasteiger partial charge is 0.324 e. The summed E-state index contributed by atoms with van der Waals surface area (Å²) >= 11 is 0. The summed E-state index contributed by atoms with van der Waals surface area (Å²) in [6.45, 7) is 7.18. The van der Waals surface area contributed by atoms with Crippen molar-refractivity contribution in [3.8, 4) is 0 Å². The van der Waals surface area contributed by atoms with Gasteiger partial charge in [0, 0.05) is 5.69 Å². The van der Waals surface area contributed by atoms with Crippen LogP contribution < -0.4 is 10.6 Å². The summed E-state index contributed by atoms with van der Waals surface area (Å²) in [6, 6.07) is 6.17. The molecule has 0 spiro atoms. The van der Waals surface area contributed by atoms with Crippen molar-refractivity contribution in [3.63, 3.8) is 0 Å². The molecule has 0 radical (unpaired) electrons. The molecule has 1 heterocycles. The van der Waals surface area contributed by atoms with E-state index in [1.165, 1.54) is 11.1 Å². The Kier molecular flexibility index (Phi) is 4.25. The van der Waals surface area contributed by atoms with Gasteiger partial charge in [0.2, 0.25) is 5.91 Å². The summed E-state index contributed by atoms with van der Waals surface area (Å²) < 4.78 is 0. The first-order valence-electron chi connectivity index (χ1n) is 7.20. The summed E-state index contributed by atoms with van der Waals surface area (Å²) in [4.78, 5) is 12.6.